The lowest BCUT2D eigenvalue weighted by atomic mass is 9.78. The quantitative estimate of drug-likeness (QED) is 0.550. The maximum Gasteiger partial charge on any atom is 0.264 e. The highest BCUT2D eigenvalue weighted by Crippen LogP contribution is 2.38. The lowest BCUT2D eigenvalue weighted by Gasteiger charge is -2.41. The molecule has 2 aromatic rings. The van der Waals surface area contributed by atoms with Crippen LogP contribution in [-0.4, -0.2) is 85.7 Å². The minimum Gasteiger partial charge on any atom is -0.377 e. The molecule has 10 nitrogen and oxygen atoms in total. The number of hydrogen-bond acceptors (Lipinski definition) is 7. The Labute approximate surface area is 245 Å². The number of fused-ring (bicyclic) bond motifs is 1. The van der Waals surface area contributed by atoms with Gasteiger partial charge in [-0.1, -0.05) is 18.2 Å². The van der Waals surface area contributed by atoms with Crippen LogP contribution in [0, 0.1) is 11.8 Å². The number of benzene rings is 2. The Bertz CT molecular complexity index is 1440. The van der Waals surface area contributed by atoms with Gasteiger partial charge in [0.05, 0.1) is 22.4 Å². The van der Waals surface area contributed by atoms with Crippen molar-refractivity contribution in [1.82, 2.24) is 15.1 Å². The fraction of sp³-hybridized carbons (Fsp3) is 0.469. The predicted octanol–water partition coefficient (Wildman–Crippen LogP) is 2.92. The van der Waals surface area contributed by atoms with E-state index in [0.29, 0.717) is 23.0 Å². The van der Waals surface area contributed by atoms with Crippen LogP contribution in [0.15, 0.2) is 42.5 Å². The number of carbonyl (C=O) groups is 5. The topological polar surface area (TPSA) is 110 Å². The SMILES string of the molecule is CN(C)c1ccccc1C(=O)N1CCC(C2CCN(c3cccc4c3C(=O)N(C3CCC(=O)NC3=O)C4=O)CC2)CC1. The molecule has 0 saturated carbocycles. The van der Waals surface area contributed by atoms with Gasteiger partial charge in [0, 0.05) is 52.4 Å². The first kappa shape index (κ1) is 27.9. The van der Waals surface area contributed by atoms with Crippen LogP contribution in [0.5, 0.6) is 0 Å². The molecule has 4 aliphatic rings. The lowest BCUT2D eigenvalue weighted by molar-refractivity contribution is -0.136. The molecule has 220 valence electrons. The van der Waals surface area contributed by atoms with Crippen molar-refractivity contribution >= 4 is 40.9 Å². The van der Waals surface area contributed by atoms with E-state index in [-0.39, 0.29) is 24.7 Å². The van der Waals surface area contributed by atoms with Crippen LogP contribution < -0.4 is 15.1 Å². The summed E-state index contributed by atoms with van der Waals surface area (Å²) in [5, 5.41) is 2.25. The number of carbonyl (C=O) groups excluding carboxylic acids is 5. The molecule has 4 aliphatic heterocycles. The fourth-order valence-electron chi connectivity index (χ4n) is 7.16. The molecule has 4 heterocycles. The Balaban J connectivity index is 1.08. The average Bonchev–Trinajstić information content (AvgIpc) is 3.26. The van der Waals surface area contributed by atoms with Crippen molar-refractivity contribution in [1.29, 1.82) is 0 Å². The van der Waals surface area contributed by atoms with Gasteiger partial charge in [-0.2, -0.15) is 0 Å². The number of piperidine rings is 3. The molecule has 3 saturated heterocycles. The molecule has 0 aromatic heterocycles. The van der Waals surface area contributed by atoms with Gasteiger partial charge in [0.2, 0.25) is 11.8 Å². The van der Waals surface area contributed by atoms with E-state index in [9.17, 15) is 24.0 Å². The second kappa shape index (κ2) is 11.2. The molecule has 2 aromatic carbocycles. The summed E-state index contributed by atoms with van der Waals surface area (Å²) < 4.78 is 0. The zero-order valence-electron chi connectivity index (χ0n) is 24.2. The van der Waals surface area contributed by atoms with Crippen molar-refractivity contribution < 1.29 is 24.0 Å². The lowest BCUT2D eigenvalue weighted by Crippen LogP contribution is -2.54. The van der Waals surface area contributed by atoms with Crippen LogP contribution in [0.1, 0.15) is 69.6 Å². The molecule has 0 spiro atoms. The molecule has 5 amide bonds. The number of nitrogens with zero attached hydrogens (tertiary/aromatic N) is 4. The smallest absolute Gasteiger partial charge is 0.264 e. The standard InChI is InChI=1S/C32H37N5O5/c1-34(2)24-8-4-3-6-22(24)30(40)36-18-14-21(15-19-36)20-12-16-35(17-13-20)25-9-5-7-23-28(25)32(42)37(31(23)41)26-10-11-27(38)33-29(26)39/h3-9,20-21,26H,10-19H2,1-2H3,(H,33,38,39). The normalized spacial score (nSPS) is 22.0. The molecular formula is C32H37N5O5. The van der Waals surface area contributed by atoms with E-state index in [1.807, 2.05) is 54.2 Å². The van der Waals surface area contributed by atoms with Gasteiger partial charge in [-0.3, -0.25) is 34.2 Å². The van der Waals surface area contributed by atoms with E-state index >= 15 is 0 Å². The van der Waals surface area contributed by atoms with E-state index < -0.39 is 23.8 Å². The van der Waals surface area contributed by atoms with Crippen molar-refractivity contribution in [3.05, 3.63) is 59.2 Å². The first-order valence-electron chi connectivity index (χ1n) is 14.9. The first-order chi connectivity index (χ1) is 20.2. The van der Waals surface area contributed by atoms with Crippen molar-refractivity contribution in [3.63, 3.8) is 0 Å². The summed E-state index contributed by atoms with van der Waals surface area (Å²) in [4.78, 5) is 71.3. The van der Waals surface area contributed by atoms with Gasteiger partial charge in [0.1, 0.15) is 6.04 Å². The largest absolute Gasteiger partial charge is 0.377 e. The molecule has 10 heteroatoms. The van der Waals surface area contributed by atoms with Gasteiger partial charge < -0.3 is 14.7 Å². The molecule has 1 unspecified atom stereocenters. The van der Waals surface area contributed by atoms with Crippen LogP contribution in [-0.2, 0) is 9.59 Å². The summed E-state index contributed by atoms with van der Waals surface area (Å²) in [7, 11) is 3.91. The second-order valence-corrected chi connectivity index (χ2v) is 12.0. The molecule has 1 N–H and O–H groups in total. The number of amides is 5. The Kier molecular flexibility index (Phi) is 7.47. The number of likely N-dealkylation sites (tertiary alicyclic amines) is 1. The Hall–Kier alpha value is -4.21. The van der Waals surface area contributed by atoms with Crippen molar-refractivity contribution in [3.8, 4) is 0 Å². The summed E-state index contributed by atoms with van der Waals surface area (Å²) in [6.45, 7) is 3.06. The number of nitrogens with one attached hydrogen (secondary N) is 1. The van der Waals surface area contributed by atoms with Crippen LogP contribution >= 0.6 is 0 Å². The average molecular weight is 572 g/mol. The zero-order chi connectivity index (χ0) is 29.5. The number of hydrogen-bond donors (Lipinski definition) is 1. The van der Waals surface area contributed by atoms with Crippen LogP contribution in [0.25, 0.3) is 0 Å². The summed E-state index contributed by atoms with van der Waals surface area (Å²) in [5.74, 6) is -0.738. The molecule has 0 bridgehead atoms. The Morgan fingerprint density at radius 3 is 2.14 bits per heavy atom. The van der Waals surface area contributed by atoms with Gasteiger partial charge in [-0.15, -0.1) is 0 Å². The van der Waals surface area contributed by atoms with Crippen molar-refractivity contribution in [2.24, 2.45) is 11.8 Å². The number of anilines is 2. The number of imide groups is 2. The van der Waals surface area contributed by atoms with E-state index in [2.05, 4.69) is 10.2 Å². The third kappa shape index (κ3) is 4.92. The first-order valence-corrected chi connectivity index (χ1v) is 14.9. The van der Waals surface area contributed by atoms with E-state index in [0.717, 1.165) is 73.7 Å². The summed E-state index contributed by atoms with van der Waals surface area (Å²) >= 11 is 0. The minimum absolute atomic E-state index is 0.0936. The number of rotatable bonds is 5. The van der Waals surface area contributed by atoms with Crippen molar-refractivity contribution in [2.45, 2.75) is 44.6 Å². The molecule has 6 rings (SSSR count). The third-order valence-electron chi connectivity index (χ3n) is 9.44. The molecular weight excluding hydrogens is 534 g/mol. The van der Waals surface area contributed by atoms with Crippen molar-refractivity contribution in [2.75, 3.05) is 50.1 Å². The van der Waals surface area contributed by atoms with Gasteiger partial charge in [-0.25, -0.2) is 0 Å². The highest BCUT2D eigenvalue weighted by molar-refractivity contribution is 6.25. The maximum absolute atomic E-state index is 13.5. The van der Waals surface area contributed by atoms with E-state index in [1.165, 1.54) is 0 Å². The van der Waals surface area contributed by atoms with Crippen LogP contribution in [0.4, 0.5) is 11.4 Å². The third-order valence-corrected chi connectivity index (χ3v) is 9.44. The van der Waals surface area contributed by atoms with E-state index in [4.69, 9.17) is 0 Å². The summed E-state index contributed by atoms with van der Waals surface area (Å²) in [6, 6.07) is 12.1. The highest BCUT2D eigenvalue weighted by Gasteiger charge is 2.46. The molecule has 0 aliphatic carbocycles. The number of para-hydroxylation sites is 1. The highest BCUT2D eigenvalue weighted by atomic mass is 16.2. The van der Waals surface area contributed by atoms with Crippen LogP contribution in [0.2, 0.25) is 0 Å². The minimum atomic E-state index is -0.970. The Morgan fingerprint density at radius 2 is 1.48 bits per heavy atom. The van der Waals surface area contributed by atoms with Crippen LogP contribution in [0.3, 0.4) is 0 Å². The van der Waals surface area contributed by atoms with Gasteiger partial charge >= 0.3 is 0 Å². The monoisotopic (exact) mass is 571 g/mol. The second-order valence-electron chi connectivity index (χ2n) is 12.0. The summed E-state index contributed by atoms with van der Waals surface area (Å²) in [5.41, 5.74) is 3.09. The van der Waals surface area contributed by atoms with Gasteiger partial charge in [-0.05, 0) is 68.2 Å². The Morgan fingerprint density at radius 1 is 0.810 bits per heavy atom. The zero-order valence-corrected chi connectivity index (χ0v) is 24.2. The molecule has 1 atom stereocenters. The fourth-order valence-corrected chi connectivity index (χ4v) is 7.16. The molecule has 0 radical (unpaired) electrons. The molecule has 42 heavy (non-hydrogen) atoms. The van der Waals surface area contributed by atoms with E-state index in [1.54, 1.807) is 12.1 Å². The molecule has 3 fully saturated rings. The summed E-state index contributed by atoms with van der Waals surface area (Å²) in [6.07, 6.45) is 4.16. The maximum atomic E-state index is 13.5. The predicted molar refractivity (Wildman–Crippen MR) is 157 cm³/mol. The van der Waals surface area contributed by atoms with Gasteiger partial charge in [0.15, 0.2) is 0 Å². The van der Waals surface area contributed by atoms with Gasteiger partial charge in [0.25, 0.3) is 17.7 Å².